The molecule has 8 heteroatoms. The second-order valence-electron chi connectivity index (χ2n) is 13.7. The molecule has 4 rings (SSSR count). The van der Waals surface area contributed by atoms with E-state index in [0.717, 1.165) is 43.4 Å². The number of Topliss-reactive ketones (excluding diaryl/α,β-unsaturated/α-hetero) is 1. The number of piperazine rings is 1. The molecule has 0 bridgehead atoms. The lowest BCUT2D eigenvalue weighted by Gasteiger charge is -2.32. The Hall–Kier alpha value is -2.55. The number of aliphatic imine (C=N–C) groups is 1. The highest BCUT2D eigenvalue weighted by Gasteiger charge is 2.31. The standard InChI is InChI=1S/C18H29N3.C12H13F3O.C8H16O.C2H6/c1-14(2)16(4)19-18-12-17(7-6-15(18)3)13-21-10-8-20(5)9-11-21;1-3-8(2)11(16)9-5-4-6-10(7-9)12(13,14)15;1-7-2-4-8(6-9)5-3-7;1-2/h6-7,12,14H,8-11,13H2,1-5H3;4-8H,3H2,1-2H3;7-9H,2-6H2,1H3;1-2H3. The summed E-state index contributed by atoms with van der Waals surface area (Å²) in [6, 6.07) is 11.3. The van der Waals surface area contributed by atoms with Gasteiger partial charge in [0, 0.05) is 56.5 Å². The topological polar surface area (TPSA) is 56.1 Å². The summed E-state index contributed by atoms with van der Waals surface area (Å²) in [5.74, 6) is 1.55. The molecule has 0 aromatic heterocycles. The van der Waals surface area contributed by atoms with Crippen LogP contribution in [0.4, 0.5) is 18.9 Å². The fourth-order valence-corrected chi connectivity index (χ4v) is 5.29. The van der Waals surface area contributed by atoms with Gasteiger partial charge in [0.1, 0.15) is 0 Å². The number of carbonyl (C=O) groups is 1. The number of hydrogen-bond acceptors (Lipinski definition) is 5. The molecule has 2 aromatic rings. The van der Waals surface area contributed by atoms with E-state index in [1.165, 1.54) is 67.7 Å². The lowest BCUT2D eigenvalue weighted by molar-refractivity contribution is -0.137. The molecule has 2 fully saturated rings. The molecular weight excluding hydrogens is 611 g/mol. The lowest BCUT2D eigenvalue weighted by Crippen LogP contribution is -2.43. The Labute approximate surface area is 290 Å². The number of carbonyl (C=O) groups excluding carboxylic acids is 1. The van der Waals surface area contributed by atoms with Crippen LogP contribution in [0.3, 0.4) is 0 Å². The van der Waals surface area contributed by atoms with Gasteiger partial charge in [0.25, 0.3) is 0 Å². The van der Waals surface area contributed by atoms with Crippen LogP contribution in [-0.2, 0) is 12.7 Å². The highest BCUT2D eigenvalue weighted by atomic mass is 19.4. The smallest absolute Gasteiger partial charge is 0.396 e. The third kappa shape index (κ3) is 15.8. The molecule has 2 aliphatic rings. The molecule has 1 N–H and O–H groups in total. The van der Waals surface area contributed by atoms with Crippen LogP contribution < -0.4 is 0 Å². The molecule has 1 aliphatic carbocycles. The van der Waals surface area contributed by atoms with Gasteiger partial charge in [-0.15, -0.1) is 0 Å². The Bertz CT molecular complexity index is 1230. The van der Waals surface area contributed by atoms with E-state index in [2.05, 4.69) is 69.7 Å². The molecule has 2 aromatic carbocycles. The average Bonchev–Trinajstić information content (AvgIpc) is 3.08. The number of aliphatic hydroxyl groups is 1. The number of ketones is 1. The number of rotatable bonds is 8. The van der Waals surface area contributed by atoms with Gasteiger partial charge in [-0.1, -0.05) is 85.6 Å². The van der Waals surface area contributed by atoms with Crippen molar-refractivity contribution < 1.29 is 23.1 Å². The van der Waals surface area contributed by atoms with E-state index in [4.69, 9.17) is 10.1 Å². The maximum absolute atomic E-state index is 12.4. The summed E-state index contributed by atoms with van der Waals surface area (Å²) in [5.41, 5.74) is 4.33. The van der Waals surface area contributed by atoms with E-state index in [9.17, 15) is 18.0 Å². The SMILES string of the molecule is CC.CC(=Nc1cc(CN2CCN(C)CC2)ccc1C)C(C)C.CC1CCC(CO)CC1.CCC(C)C(=O)c1cccc(C(F)(F)F)c1. The van der Waals surface area contributed by atoms with Crippen LogP contribution in [0, 0.1) is 30.6 Å². The number of benzene rings is 2. The van der Waals surface area contributed by atoms with Crippen molar-refractivity contribution in [2.24, 2.45) is 28.7 Å². The van der Waals surface area contributed by atoms with Gasteiger partial charge in [0.15, 0.2) is 5.78 Å². The Morgan fingerprint density at radius 3 is 2.10 bits per heavy atom. The maximum Gasteiger partial charge on any atom is 0.416 e. The molecule has 272 valence electrons. The van der Waals surface area contributed by atoms with E-state index >= 15 is 0 Å². The van der Waals surface area contributed by atoms with Crippen LogP contribution in [0.15, 0.2) is 47.5 Å². The first-order valence-corrected chi connectivity index (χ1v) is 18.0. The van der Waals surface area contributed by atoms with Gasteiger partial charge in [-0.3, -0.25) is 14.7 Å². The van der Waals surface area contributed by atoms with Gasteiger partial charge in [-0.05, 0) is 87.2 Å². The average molecular weight is 676 g/mol. The predicted octanol–water partition coefficient (Wildman–Crippen LogP) is 10.3. The van der Waals surface area contributed by atoms with Crippen molar-refractivity contribution in [2.75, 3.05) is 39.8 Å². The van der Waals surface area contributed by atoms with Crippen molar-refractivity contribution in [1.29, 1.82) is 0 Å². The normalized spacial score (nSPS) is 19.6. The molecular formula is C40H64F3N3O2. The van der Waals surface area contributed by atoms with Crippen molar-refractivity contribution in [3.8, 4) is 0 Å². The Morgan fingerprint density at radius 1 is 0.979 bits per heavy atom. The number of aliphatic hydroxyl groups excluding tert-OH is 1. The fraction of sp³-hybridized carbons (Fsp3) is 0.650. The largest absolute Gasteiger partial charge is 0.416 e. The van der Waals surface area contributed by atoms with Crippen molar-refractivity contribution >= 4 is 17.2 Å². The zero-order valence-electron chi connectivity index (χ0n) is 31.5. The molecule has 1 saturated heterocycles. The summed E-state index contributed by atoms with van der Waals surface area (Å²) in [5, 5.41) is 8.78. The van der Waals surface area contributed by atoms with Gasteiger partial charge < -0.3 is 10.0 Å². The van der Waals surface area contributed by atoms with E-state index < -0.39 is 11.7 Å². The first kappa shape index (κ1) is 43.5. The molecule has 1 heterocycles. The summed E-state index contributed by atoms with van der Waals surface area (Å²) in [6.07, 6.45) is 1.37. The second kappa shape index (κ2) is 22.2. The third-order valence-corrected chi connectivity index (χ3v) is 9.34. The Balaban J connectivity index is 0.000000376. The van der Waals surface area contributed by atoms with Crippen LogP contribution in [-0.4, -0.2) is 66.2 Å². The Morgan fingerprint density at radius 2 is 1.58 bits per heavy atom. The summed E-state index contributed by atoms with van der Waals surface area (Å²) in [6.45, 7) is 24.6. The van der Waals surface area contributed by atoms with Crippen LogP contribution in [0.25, 0.3) is 0 Å². The molecule has 48 heavy (non-hydrogen) atoms. The summed E-state index contributed by atoms with van der Waals surface area (Å²) in [4.78, 5) is 21.4. The minimum absolute atomic E-state index is 0.129. The fourth-order valence-electron chi connectivity index (χ4n) is 5.29. The summed E-state index contributed by atoms with van der Waals surface area (Å²) >= 11 is 0. The van der Waals surface area contributed by atoms with Gasteiger partial charge in [-0.2, -0.15) is 13.2 Å². The second-order valence-corrected chi connectivity index (χ2v) is 13.7. The van der Waals surface area contributed by atoms with Gasteiger partial charge in [0.2, 0.25) is 0 Å². The van der Waals surface area contributed by atoms with Crippen LogP contribution in [0.1, 0.15) is 115 Å². The van der Waals surface area contributed by atoms with Gasteiger partial charge in [0.05, 0.1) is 11.3 Å². The van der Waals surface area contributed by atoms with Gasteiger partial charge in [-0.25, -0.2) is 0 Å². The molecule has 0 amide bonds. The molecule has 1 unspecified atom stereocenters. The third-order valence-electron chi connectivity index (χ3n) is 9.34. The molecule has 1 atom stereocenters. The van der Waals surface area contributed by atoms with Crippen LogP contribution in [0.2, 0.25) is 0 Å². The maximum atomic E-state index is 12.4. The minimum Gasteiger partial charge on any atom is -0.396 e. The number of hydrogen-bond donors (Lipinski definition) is 1. The van der Waals surface area contributed by atoms with Crippen molar-refractivity contribution in [3.05, 3.63) is 64.7 Å². The number of likely N-dealkylation sites (N-methyl/N-ethyl adjacent to an activating group) is 1. The predicted molar refractivity (Wildman–Crippen MR) is 196 cm³/mol. The quantitative estimate of drug-likeness (QED) is 0.224. The number of halogens is 3. The van der Waals surface area contributed by atoms with Crippen LogP contribution >= 0.6 is 0 Å². The molecule has 1 saturated carbocycles. The minimum atomic E-state index is -4.40. The van der Waals surface area contributed by atoms with E-state index in [-0.39, 0.29) is 17.3 Å². The number of aryl methyl sites for hydroxylation is 1. The lowest BCUT2D eigenvalue weighted by atomic mass is 9.84. The van der Waals surface area contributed by atoms with Crippen molar-refractivity contribution in [2.45, 2.75) is 107 Å². The molecule has 1 aliphatic heterocycles. The van der Waals surface area contributed by atoms with E-state index in [0.29, 0.717) is 24.9 Å². The van der Waals surface area contributed by atoms with E-state index in [1.54, 1.807) is 6.92 Å². The zero-order chi connectivity index (χ0) is 36.4. The number of nitrogens with zero attached hydrogens (tertiary/aromatic N) is 3. The van der Waals surface area contributed by atoms with Crippen LogP contribution in [0.5, 0.6) is 0 Å². The monoisotopic (exact) mass is 675 g/mol. The summed E-state index contributed by atoms with van der Waals surface area (Å²) in [7, 11) is 2.20. The molecule has 0 spiro atoms. The molecule has 0 radical (unpaired) electrons. The zero-order valence-corrected chi connectivity index (χ0v) is 31.5. The summed E-state index contributed by atoms with van der Waals surface area (Å²) < 4.78 is 37.2. The number of alkyl halides is 3. The highest BCUT2D eigenvalue weighted by Crippen LogP contribution is 2.30. The first-order valence-electron chi connectivity index (χ1n) is 18.0. The Kier molecular flexibility index (Phi) is 20.1. The van der Waals surface area contributed by atoms with Crippen molar-refractivity contribution in [1.82, 2.24) is 9.80 Å². The van der Waals surface area contributed by atoms with E-state index in [1.807, 2.05) is 20.8 Å². The molecule has 5 nitrogen and oxygen atoms in total. The van der Waals surface area contributed by atoms with Crippen molar-refractivity contribution in [3.63, 3.8) is 0 Å². The first-order chi connectivity index (χ1) is 22.6. The highest BCUT2D eigenvalue weighted by molar-refractivity contribution is 5.97. The van der Waals surface area contributed by atoms with Gasteiger partial charge >= 0.3 is 6.18 Å².